The summed E-state index contributed by atoms with van der Waals surface area (Å²) < 4.78 is 2.18. The number of nitrogen functional groups attached to an aromatic ring is 1. The number of hydrogen-bond donors (Lipinski definition) is 3. The van der Waals surface area contributed by atoms with Gasteiger partial charge in [0.1, 0.15) is 5.84 Å². The van der Waals surface area contributed by atoms with Crippen molar-refractivity contribution in [2.45, 2.75) is 6.54 Å². The number of carbonyl (C=O) groups is 1. The normalized spacial score (nSPS) is 10.5. The van der Waals surface area contributed by atoms with Gasteiger partial charge in [0.25, 0.3) is 5.91 Å². The van der Waals surface area contributed by atoms with Gasteiger partial charge in [0.05, 0.1) is 33.3 Å². The van der Waals surface area contributed by atoms with Gasteiger partial charge >= 0.3 is 0 Å². The lowest BCUT2D eigenvalue weighted by Gasteiger charge is -2.08. The predicted molar refractivity (Wildman–Crippen MR) is 92.9 cm³/mol. The van der Waals surface area contributed by atoms with Crippen LogP contribution >= 0.6 is 22.9 Å². The summed E-state index contributed by atoms with van der Waals surface area (Å²) in [6.07, 6.45) is 1.58. The molecule has 0 aliphatic heterocycles. The summed E-state index contributed by atoms with van der Waals surface area (Å²) in [7, 11) is 0. The van der Waals surface area contributed by atoms with Crippen LogP contribution in [-0.4, -0.2) is 26.7 Å². The average molecular weight is 361 g/mol. The van der Waals surface area contributed by atoms with Crippen molar-refractivity contribution in [1.82, 2.24) is 20.3 Å². The average Bonchev–Trinajstić information content (AvgIpc) is 3.21. The quantitative estimate of drug-likeness (QED) is 0.478. The van der Waals surface area contributed by atoms with E-state index >= 15 is 0 Å². The van der Waals surface area contributed by atoms with Crippen LogP contribution in [0.4, 0.5) is 0 Å². The minimum atomic E-state index is -0.202. The molecule has 7 nitrogen and oxygen atoms in total. The molecule has 0 aliphatic rings. The van der Waals surface area contributed by atoms with Crippen LogP contribution in [0.1, 0.15) is 20.9 Å². The van der Waals surface area contributed by atoms with E-state index in [4.69, 9.17) is 22.7 Å². The van der Waals surface area contributed by atoms with Gasteiger partial charge < -0.3 is 11.1 Å². The van der Waals surface area contributed by atoms with Crippen molar-refractivity contribution in [3.63, 3.8) is 0 Å². The second-order valence-corrected chi connectivity index (χ2v) is 6.60. The molecule has 1 aromatic carbocycles. The summed E-state index contributed by atoms with van der Waals surface area (Å²) in [6.45, 7) is 0.274. The minimum absolute atomic E-state index is 0.00207. The maximum Gasteiger partial charge on any atom is 0.261 e. The number of rotatable bonds is 5. The zero-order chi connectivity index (χ0) is 17.1. The first-order chi connectivity index (χ1) is 11.5. The molecule has 24 heavy (non-hydrogen) atoms. The van der Waals surface area contributed by atoms with Crippen molar-refractivity contribution in [3.8, 4) is 5.69 Å². The topological polar surface area (TPSA) is 110 Å². The second kappa shape index (κ2) is 6.81. The van der Waals surface area contributed by atoms with Crippen LogP contribution in [0.5, 0.6) is 0 Å². The molecule has 2 aromatic heterocycles. The highest BCUT2D eigenvalue weighted by Crippen LogP contribution is 2.21. The van der Waals surface area contributed by atoms with Gasteiger partial charge in [-0.25, -0.2) is 4.68 Å². The molecule has 1 amide bonds. The van der Waals surface area contributed by atoms with Gasteiger partial charge in [-0.05, 0) is 36.4 Å². The molecule has 0 unspecified atom stereocenters. The maximum absolute atomic E-state index is 12.1. The molecule has 0 atom stereocenters. The number of aromatic nitrogens is 3. The molecule has 2 heterocycles. The zero-order valence-electron chi connectivity index (χ0n) is 12.4. The standard InChI is InChI=1S/C15H13ClN6OS/c16-13-6-5-12(24-13)15(23)19-7-11-8-20-21-22(11)10-3-1-9(2-4-10)14(17)18/h1-6,8H,7H2,(H3,17,18)(H,19,23). The smallest absolute Gasteiger partial charge is 0.261 e. The number of benzene rings is 1. The van der Waals surface area contributed by atoms with Crippen molar-refractivity contribution in [3.05, 3.63) is 63.1 Å². The molecule has 4 N–H and O–H groups in total. The molecule has 0 aliphatic carbocycles. The van der Waals surface area contributed by atoms with E-state index < -0.39 is 0 Å². The molecule has 3 aromatic rings. The number of thiophene rings is 1. The number of amidine groups is 1. The van der Waals surface area contributed by atoms with Gasteiger partial charge in [-0.1, -0.05) is 16.8 Å². The number of nitrogens with zero attached hydrogens (tertiary/aromatic N) is 3. The molecule has 9 heteroatoms. The number of nitrogens with one attached hydrogen (secondary N) is 2. The van der Waals surface area contributed by atoms with Crippen LogP contribution in [0.25, 0.3) is 5.69 Å². The number of hydrogen-bond acceptors (Lipinski definition) is 5. The van der Waals surface area contributed by atoms with E-state index in [2.05, 4.69) is 15.6 Å². The number of nitrogens with two attached hydrogens (primary N) is 1. The Hall–Kier alpha value is -2.71. The molecule has 0 bridgehead atoms. The largest absolute Gasteiger partial charge is 0.384 e. The van der Waals surface area contributed by atoms with Crippen LogP contribution in [-0.2, 0) is 6.54 Å². The molecule has 3 rings (SSSR count). The Morgan fingerprint density at radius 1 is 1.29 bits per heavy atom. The fraction of sp³-hybridized carbons (Fsp3) is 0.0667. The summed E-state index contributed by atoms with van der Waals surface area (Å²) in [5.41, 5.74) is 7.56. The highest BCUT2D eigenvalue weighted by molar-refractivity contribution is 7.17. The van der Waals surface area contributed by atoms with E-state index in [1.165, 1.54) is 11.3 Å². The Morgan fingerprint density at radius 2 is 2.04 bits per heavy atom. The van der Waals surface area contributed by atoms with Crippen molar-refractivity contribution in [2.75, 3.05) is 0 Å². The first-order valence-corrected chi connectivity index (χ1v) is 8.12. The van der Waals surface area contributed by atoms with Crippen LogP contribution in [0.15, 0.2) is 42.6 Å². The van der Waals surface area contributed by atoms with Gasteiger partial charge in [-0.15, -0.1) is 16.4 Å². The Labute approximate surface area is 146 Å². The van der Waals surface area contributed by atoms with E-state index in [0.717, 1.165) is 11.4 Å². The summed E-state index contributed by atoms with van der Waals surface area (Å²) in [5, 5.41) is 18.1. The fourth-order valence-corrected chi connectivity index (χ4v) is 3.03. The highest BCUT2D eigenvalue weighted by atomic mass is 35.5. The highest BCUT2D eigenvalue weighted by Gasteiger charge is 2.11. The molecule has 0 fully saturated rings. The van der Waals surface area contributed by atoms with Crippen LogP contribution < -0.4 is 11.1 Å². The monoisotopic (exact) mass is 360 g/mol. The van der Waals surface area contributed by atoms with Crippen LogP contribution in [0.2, 0.25) is 4.34 Å². The summed E-state index contributed by atoms with van der Waals surface area (Å²) in [6, 6.07) is 10.4. The van der Waals surface area contributed by atoms with Gasteiger partial charge in [0.2, 0.25) is 0 Å². The van der Waals surface area contributed by atoms with Gasteiger partial charge in [0, 0.05) is 5.56 Å². The molecular formula is C15H13ClN6OS. The van der Waals surface area contributed by atoms with E-state index in [-0.39, 0.29) is 18.3 Å². The maximum atomic E-state index is 12.1. The number of halogens is 1. The Morgan fingerprint density at radius 3 is 2.67 bits per heavy atom. The van der Waals surface area contributed by atoms with E-state index in [0.29, 0.717) is 14.8 Å². The van der Waals surface area contributed by atoms with E-state index in [9.17, 15) is 4.79 Å². The lowest BCUT2D eigenvalue weighted by molar-refractivity contribution is 0.0954. The van der Waals surface area contributed by atoms with Crippen LogP contribution in [0.3, 0.4) is 0 Å². The molecule has 0 radical (unpaired) electrons. The van der Waals surface area contributed by atoms with Gasteiger partial charge in [0.15, 0.2) is 0 Å². The third kappa shape index (κ3) is 3.44. The Bertz CT molecular complexity index is 886. The fourth-order valence-electron chi connectivity index (χ4n) is 2.07. The predicted octanol–water partition coefficient (Wildman–Crippen LogP) is 2.20. The minimum Gasteiger partial charge on any atom is -0.384 e. The van der Waals surface area contributed by atoms with E-state index in [1.807, 2.05) is 0 Å². The van der Waals surface area contributed by atoms with Gasteiger partial charge in [-0.2, -0.15) is 0 Å². The first-order valence-electron chi connectivity index (χ1n) is 6.92. The van der Waals surface area contributed by atoms with Crippen molar-refractivity contribution in [1.29, 1.82) is 5.41 Å². The third-order valence-electron chi connectivity index (χ3n) is 3.27. The lowest BCUT2D eigenvalue weighted by atomic mass is 10.2. The van der Waals surface area contributed by atoms with E-state index in [1.54, 1.807) is 47.3 Å². The van der Waals surface area contributed by atoms with Crippen molar-refractivity contribution >= 4 is 34.7 Å². The summed E-state index contributed by atoms with van der Waals surface area (Å²) in [4.78, 5) is 12.6. The van der Waals surface area contributed by atoms with Crippen molar-refractivity contribution in [2.24, 2.45) is 5.73 Å². The van der Waals surface area contributed by atoms with Crippen LogP contribution in [0, 0.1) is 5.41 Å². The first kappa shape index (κ1) is 16.2. The van der Waals surface area contributed by atoms with Crippen molar-refractivity contribution < 1.29 is 4.79 Å². The summed E-state index contributed by atoms with van der Waals surface area (Å²) >= 11 is 7.06. The Balaban J connectivity index is 1.73. The molecule has 0 saturated heterocycles. The molecular weight excluding hydrogens is 348 g/mol. The molecule has 0 spiro atoms. The van der Waals surface area contributed by atoms with Gasteiger partial charge in [-0.3, -0.25) is 10.2 Å². The third-order valence-corrected chi connectivity index (χ3v) is 4.50. The lowest BCUT2D eigenvalue weighted by Crippen LogP contribution is -2.23. The summed E-state index contributed by atoms with van der Waals surface area (Å²) in [5.74, 6) is -0.200. The SMILES string of the molecule is N=C(N)c1ccc(-n2nncc2CNC(=O)c2ccc(Cl)s2)cc1. The number of amides is 1. The molecule has 122 valence electrons. The Kier molecular flexibility index (Phi) is 4.59. The molecule has 0 saturated carbocycles. The number of carbonyl (C=O) groups excluding carboxylic acids is 1. The second-order valence-electron chi connectivity index (χ2n) is 4.88. The zero-order valence-corrected chi connectivity index (χ0v) is 13.9.